The number of hydrogen-bond acceptors (Lipinski definition) is 4. The summed E-state index contributed by atoms with van der Waals surface area (Å²) in [4.78, 5) is 4.90. The Morgan fingerprint density at radius 2 is 2.05 bits per heavy atom. The van der Waals surface area contributed by atoms with Crippen LogP contribution in [-0.4, -0.2) is 72.4 Å². The Morgan fingerprint density at radius 1 is 1.33 bits per heavy atom. The van der Waals surface area contributed by atoms with E-state index in [1.54, 1.807) is 0 Å². The molecular weight excluding hydrogens is 330 g/mol. The monoisotopic (exact) mass is 357 g/mol. The first kappa shape index (κ1) is 16.9. The maximum atomic E-state index is 4.61. The summed E-state index contributed by atoms with van der Waals surface area (Å²) in [5, 5.41) is 8.14. The van der Waals surface area contributed by atoms with Crippen molar-refractivity contribution in [3.63, 3.8) is 0 Å². The van der Waals surface area contributed by atoms with E-state index < -0.39 is 0 Å². The van der Waals surface area contributed by atoms with Crippen molar-refractivity contribution in [3.05, 3.63) is 15.9 Å². The van der Waals surface area contributed by atoms with Crippen LogP contribution in [0.25, 0.3) is 0 Å². The van der Waals surface area contributed by atoms with Gasteiger partial charge in [-0.2, -0.15) is 5.10 Å². The molecule has 2 heterocycles. The van der Waals surface area contributed by atoms with Crippen LogP contribution >= 0.6 is 15.9 Å². The van der Waals surface area contributed by atoms with Crippen molar-refractivity contribution >= 4 is 15.9 Å². The molecular formula is C15H28BrN5. The van der Waals surface area contributed by atoms with Crippen LogP contribution < -0.4 is 5.32 Å². The first-order valence-corrected chi connectivity index (χ1v) is 8.53. The van der Waals surface area contributed by atoms with Crippen LogP contribution in [0.2, 0.25) is 0 Å². The Balaban J connectivity index is 2.17. The molecule has 0 bridgehead atoms. The average Bonchev–Trinajstić information content (AvgIpc) is 2.74. The van der Waals surface area contributed by atoms with E-state index >= 15 is 0 Å². The normalized spacial score (nSPS) is 22.7. The van der Waals surface area contributed by atoms with Crippen molar-refractivity contribution < 1.29 is 0 Å². The molecule has 0 amide bonds. The zero-order valence-corrected chi connectivity index (χ0v) is 15.4. The number of aromatic nitrogens is 2. The summed E-state index contributed by atoms with van der Waals surface area (Å²) in [6.07, 6.45) is 1.95. The molecule has 2 atom stereocenters. The zero-order chi connectivity index (χ0) is 15.6. The van der Waals surface area contributed by atoms with Gasteiger partial charge in [0.2, 0.25) is 0 Å². The Bertz CT molecular complexity index is 473. The highest BCUT2D eigenvalue weighted by Gasteiger charge is 2.30. The van der Waals surface area contributed by atoms with Gasteiger partial charge in [0.1, 0.15) is 0 Å². The van der Waals surface area contributed by atoms with Gasteiger partial charge in [0, 0.05) is 45.2 Å². The molecule has 6 heteroatoms. The van der Waals surface area contributed by atoms with Crippen LogP contribution in [0.1, 0.15) is 18.3 Å². The van der Waals surface area contributed by atoms with Crippen LogP contribution in [0.15, 0.2) is 4.47 Å². The molecule has 2 unspecified atom stereocenters. The molecule has 1 fully saturated rings. The number of likely N-dealkylation sites (N-methyl/N-ethyl adjacent to an activating group) is 3. The van der Waals surface area contributed by atoms with Crippen LogP contribution in [0.4, 0.5) is 0 Å². The van der Waals surface area contributed by atoms with Gasteiger partial charge in [-0.1, -0.05) is 6.92 Å². The predicted octanol–water partition coefficient (Wildman–Crippen LogP) is 1.12. The Morgan fingerprint density at radius 3 is 2.62 bits per heavy atom. The van der Waals surface area contributed by atoms with Crippen molar-refractivity contribution in [2.45, 2.75) is 31.8 Å². The maximum Gasteiger partial charge on any atom is 0.0766 e. The number of aryl methyl sites for hydroxylation is 2. The molecule has 1 aromatic rings. The average molecular weight is 358 g/mol. The van der Waals surface area contributed by atoms with Gasteiger partial charge in [-0.15, -0.1) is 0 Å². The van der Waals surface area contributed by atoms with Crippen molar-refractivity contribution in [1.29, 1.82) is 0 Å². The summed E-state index contributed by atoms with van der Waals surface area (Å²) in [5.41, 5.74) is 2.43. The fourth-order valence-electron chi connectivity index (χ4n) is 3.16. The summed E-state index contributed by atoms with van der Waals surface area (Å²) in [6, 6.07) is 0.954. The smallest absolute Gasteiger partial charge is 0.0766 e. The first-order valence-electron chi connectivity index (χ1n) is 7.74. The molecule has 1 aliphatic rings. The van der Waals surface area contributed by atoms with E-state index in [0.29, 0.717) is 12.1 Å². The number of rotatable bonds is 5. The van der Waals surface area contributed by atoms with E-state index in [4.69, 9.17) is 0 Å². The van der Waals surface area contributed by atoms with E-state index in [-0.39, 0.29) is 0 Å². The Kier molecular flexibility index (Phi) is 5.82. The lowest BCUT2D eigenvalue weighted by Gasteiger charge is -2.42. The van der Waals surface area contributed by atoms with E-state index in [1.807, 2.05) is 11.7 Å². The summed E-state index contributed by atoms with van der Waals surface area (Å²) in [7, 11) is 8.56. The van der Waals surface area contributed by atoms with Crippen LogP contribution in [0.3, 0.4) is 0 Å². The minimum absolute atomic E-state index is 0.425. The SMILES string of the molecule is CCc1nn(C)c(CC(NC)C2CN(C)CCN2C)c1Br. The third-order valence-corrected chi connectivity index (χ3v) is 5.57. The van der Waals surface area contributed by atoms with Gasteiger partial charge in [0.05, 0.1) is 15.9 Å². The molecule has 21 heavy (non-hydrogen) atoms. The molecule has 2 rings (SSSR count). The second kappa shape index (κ2) is 7.22. The molecule has 1 N–H and O–H groups in total. The summed E-state index contributed by atoms with van der Waals surface area (Å²) in [6.45, 7) is 5.54. The fraction of sp³-hybridized carbons (Fsp3) is 0.800. The molecule has 0 saturated carbocycles. The van der Waals surface area contributed by atoms with Crippen molar-refractivity contribution in [2.75, 3.05) is 40.8 Å². The molecule has 0 spiro atoms. The molecule has 1 aromatic heterocycles. The maximum absolute atomic E-state index is 4.61. The number of halogens is 1. The number of nitrogens with one attached hydrogen (secondary N) is 1. The van der Waals surface area contributed by atoms with Gasteiger partial charge in [-0.25, -0.2) is 0 Å². The van der Waals surface area contributed by atoms with Gasteiger partial charge < -0.3 is 10.2 Å². The molecule has 1 saturated heterocycles. The Hall–Kier alpha value is -0.430. The largest absolute Gasteiger partial charge is 0.315 e. The Labute approximate surface area is 136 Å². The van der Waals surface area contributed by atoms with Crippen molar-refractivity contribution in [2.24, 2.45) is 7.05 Å². The third-order valence-electron chi connectivity index (χ3n) is 4.65. The topological polar surface area (TPSA) is 36.3 Å². The van der Waals surface area contributed by atoms with Gasteiger partial charge in [-0.05, 0) is 43.5 Å². The third kappa shape index (κ3) is 3.67. The molecule has 0 radical (unpaired) electrons. The van der Waals surface area contributed by atoms with E-state index in [2.05, 4.69) is 64.2 Å². The standard InChI is InChI=1S/C15H28BrN5/c1-6-11-15(16)13(21(5)18-11)9-12(17-2)14-10-19(3)7-8-20(14)4/h12,14,17H,6-10H2,1-5H3. The highest BCUT2D eigenvalue weighted by molar-refractivity contribution is 9.10. The summed E-state index contributed by atoms with van der Waals surface area (Å²) >= 11 is 3.74. The minimum Gasteiger partial charge on any atom is -0.315 e. The zero-order valence-electron chi connectivity index (χ0n) is 13.9. The first-order chi connectivity index (χ1) is 9.97. The minimum atomic E-state index is 0.425. The molecule has 1 aliphatic heterocycles. The lowest BCUT2D eigenvalue weighted by Crippen LogP contribution is -2.58. The highest BCUT2D eigenvalue weighted by atomic mass is 79.9. The molecule has 120 valence electrons. The fourth-order valence-corrected chi connectivity index (χ4v) is 3.94. The number of hydrogen-bond donors (Lipinski definition) is 1. The van der Waals surface area contributed by atoms with E-state index in [9.17, 15) is 0 Å². The second-order valence-corrected chi connectivity index (χ2v) is 6.89. The van der Waals surface area contributed by atoms with Gasteiger partial charge in [0.15, 0.2) is 0 Å². The van der Waals surface area contributed by atoms with E-state index in [0.717, 1.165) is 38.2 Å². The highest BCUT2D eigenvalue weighted by Crippen LogP contribution is 2.24. The molecule has 0 aromatic carbocycles. The van der Waals surface area contributed by atoms with Crippen LogP contribution in [0.5, 0.6) is 0 Å². The second-order valence-electron chi connectivity index (χ2n) is 6.09. The van der Waals surface area contributed by atoms with Crippen molar-refractivity contribution in [3.8, 4) is 0 Å². The van der Waals surface area contributed by atoms with Crippen LogP contribution in [-0.2, 0) is 19.9 Å². The van der Waals surface area contributed by atoms with Gasteiger partial charge in [0.25, 0.3) is 0 Å². The van der Waals surface area contributed by atoms with Gasteiger partial charge in [-0.3, -0.25) is 9.58 Å². The molecule has 0 aliphatic carbocycles. The summed E-state index contributed by atoms with van der Waals surface area (Å²) < 4.78 is 3.21. The van der Waals surface area contributed by atoms with E-state index in [1.165, 1.54) is 10.2 Å². The van der Waals surface area contributed by atoms with Gasteiger partial charge >= 0.3 is 0 Å². The molecule has 5 nitrogen and oxygen atoms in total. The lowest BCUT2D eigenvalue weighted by atomic mass is 9.99. The van der Waals surface area contributed by atoms with Crippen molar-refractivity contribution in [1.82, 2.24) is 24.9 Å². The van der Waals surface area contributed by atoms with Crippen LogP contribution in [0, 0.1) is 0 Å². The number of nitrogens with zero attached hydrogens (tertiary/aromatic N) is 4. The predicted molar refractivity (Wildman–Crippen MR) is 90.8 cm³/mol. The summed E-state index contributed by atoms with van der Waals surface area (Å²) in [5.74, 6) is 0. The lowest BCUT2D eigenvalue weighted by molar-refractivity contribution is 0.0892. The quantitative estimate of drug-likeness (QED) is 0.856. The number of piperazine rings is 1.